The summed E-state index contributed by atoms with van der Waals surface area (Å²) in [6.45, 7) is 13.1. The van der Waals surface area contributed by atoms with Gasteiger partial charge in [0.2, 0.25) is 0 Å². The zero-order valence-electron chi connectivity index (χ0n) is 13.2. The first-order valence-corrected chi connectivity index (χ1v) is 8.49. The summed E-state index contributed by atoms with van der Waals surface area (Å²) in [6, 6.07) is 2.42. The summed E-state index contributed by atoms with van der Waals surface area (Å²) in [5.41, 5.74) is 0. The number of nitrogens with zero attached hydrogens (tertiary/aromatic N) is 2. The first-order chi connectivity index (χ1) is 9.28. The summed E-state index contributed by atoms with van der Waals surface area (Å²) >= 11 is 0. The van der Waals surface area contributed by atoms with Crippen molar-refractivity contribution in [2.75, 3.05) is 32.7 Å². The minimum Gasteiger partial charge on any atom is -0.312 e. The van der Waals surface area contributed by atoms with Crippen molar-refractivity contribution in [3.8, 4) is 0 Å². The molecular weight excluding hydrogens is 234 g/mol. The Kier molecular flexibility index (Phi) is 6.11. The Bertz CT molecular complexity index is 248. The van der Waals surface area contributed by atoms with Crippen LogP contribution in [0.2, 0.25) is 0 Å². The minimum atomic E-state index is 0.770. The van der Waals surface area contributed by atoms with Crippen LogP contribution in [0.15, 0.2) is 0 Å². The lowest BCUT2D eigenvalue weighted by Gasteiger charge is -2.30. The molecule has 0 amide bonds. The van der Waals surface area contributed by atoms with Crippen molar-refractivity contribution in [2.45, 2.75) is 71.0 Å². The third kappa shape index (κ3) is 4.44. The summed E-state index contributed by atoms with van der Waals surface area (Å²) in [6.07, 6.45) is 6.83. The molecule has 1 heterocycles. The Balaban J connectivity index is 1.80. The molecule has 0 aromatic carbocycles. The highest BCUT2D eigenvalue weighted by atomic mass is 15.3. The molecule has 0 aromatic rings. The number of nitrogens with one attached hydrogen (secondary N) is 1. The molecule has 0 spiro atoms. The Labute approximate surface area is 119 Å². The Hall–Kier alpha value is -0.120. The maximum absolute atomic E-state index is 3.74. The summed E-state index contributed by atoms with van der Waals surface area (Å²) < 4.78 is 0. The van der Waals surface area contributed by atoms with Gasteiger partial charge in [0.25, 0.3) is 0 Å². The van der Waals surface area contributed by atoms with E-state index < -0.39 is 0 Å². The second-order valence-electron chi connectivity index (χ2n) is 6.28. The zero-order valence-corrected chi connectivity index (χ0v) is 13.2. The van der Waals surface area contributed by atoms with E-state index in [2.05, 4.69) is 35.9 Å². The fraction of sp³-hybridized carbons (Fsp3) is 1.00. The van der Waals surface area contributed by atoms with Gasteiger partial charge in [0.05, 0.1) is 0 Å². The molecule has 1 saturated heterocycles. The van der Waals surface area contributed by atoms with Gasteiger partial charge in [-0.3, -0.25) is 9.80 Å². The van der Waals surface area contributed by atoms with Gasteiger partial charge in [-0.1, -0.05) is 27.2 Å². The Morgan fingerprint density at radius 3 is 2.47 bits per heavy atom. The van der Waals surface area contributed by atoms with Crippen LogP contribution >= 0.6 is 0 Å². The van der Waals surface area contributed by atoms with Crippen molar-refractivity contribution in [3.05, 3.63) is 0 Å². The molecule has 0 radical (unpaired) electrons. The van der Waals surface area contributed by atoms with Gasteiger partial charge in [0.1, 0.15) is 0 Å². The molecule has 19 heavy (non-hydrogen) atoms. The van der Waals surface area contributed by atoms with E-state index in [0.29, 0.717) is 0 Å². The Morgan fingerprint density at radius 2 is 1.89 bits per heavy atom. The van der Waals surface area contributed by atoms with Crippen molar-refractivity contribution < 1.29 is 0 Å². The molecule has 2 rings (SSSR count). The van der Waals surface area contributed by atoms with E-state index in [0.717, 1.165) is 18.1 Å². The molecule has 1 saturated carbocycles. The first-order valence-electron chi connectivity index (χ1n) is 8.49. The van der Waals surface area contributed by atoms with E-state index in [1.807, 2.05) is 0 Å². The summed E-state index contributed by atoms with van der Waals surface area (Å²) in [4.78, 5) is 5.39. The van der Waals surface area contributed by atoms with Crippen LogP contribution in [-0.2, 0) is 0 Å². The molecule has 2 fully saturated rings. The lowest BCUT2D eigenvalue weighted by Crippen LogP contribution is -2.44. The van der Waals surface area contributed by atoms with E-state index in [1.54, 1.807) is 0 Å². The molecule has 1 N–H and O–H groups in total. The second-order valence-corrected chi connectivity index (χ2v) is 6.28. The van der Waals surface area contributed by atoms with Gasteiger partial charge in [0.15, 0.2) is 0 Å². The summed E-state index contributed by atoms with van der Waals surface area (Å²) in [7, 11) is 0. The van der Waals surface area contributed by atoms with E-state index in [1.165, 1.54) is 64.8 Å². The molecule has 2 aliphatic rings. The van der Waals surface area contributed by atoms with E-state index in [9.17, 15) is 0 Å². The number of hydrogen-bond acceptors (Lipinski definition) is 3. The standard InChI is InChI=1S/C16H33N3/c1-4-7-15(12-17-14-8-9-14)19-11-10-16(13-19)18(5-2)6-3/h14-17H,4-13H2,1-3H3. The van der Waals surface area contributed by atoms with Crippen LogP contribution in [0.1, 0.15) is 52.9 Å². The second kappa shape index (κ2) is 7.61. The molecule has 3 heteroatoms. The van der Waals surface area contributed by atoms with Crippen molar-refractivity contribution in [2.24, 2.45) is 0 Å². The highest BCUT2D eigenvalue weighted by molar-refractivity contribution is 4.89. The molecule has 1 aliphatic heterocycles. The van der Waals surface area contributed by atoms with E-state index >= 15 is 0 Å². The largest absolute Gasteiger partial charge is 0.312 e. The molecule has 0 bridgehead atoms. The third-order valence-corrected chi connectivity index (χ3v) is 4.88. The fourth-order valence-corrected chi connectivity index (χ4v) is 3.47. The SMILES string of the molecule is CCCC(CNC1CC1)N1CCC(N(CC)CC)C1. The van der Waals surface area contributed by atoms with Gasteiger partial charge in [-0.15, -0.1) is 0 Å². The predicted octanol–water partition coefficient (Wildman–Crippen LogP) is 2.32. The minimum absolute atomic E-state index is 0.770. The zero-order chi connectivity index (χ0) is 13.7. The third-order valence-electron chi connectivity index (χ3n) is 4.88. The molecule has 2 atom stereocenters. The van der Waals surface area contributed by atoms with Crippen molar-refractivity contribution >= 4 is 0 Å². The normalized spacial score (nSPS) is 26.2. The number of likely N-dealkylation sites (tertiary alicyclic amines) is 1. The number of rotatable bonds is 9. The summed E-state index contributed by atoms with van der Waals surface area (Å²) in [5.74, 6) is 0. The maximum atomic E-state index is 3.74. The fourth-order valence-electron chi connectivity index (χ4n) is 3.47. The number of likely N-dealkylation sites (N-methyl/N-ethyl adjacent to an activating group) is 1. The monoisotopic (exact) mass is 267 g/mol. The average molecular weight is 267 g/mol. The van der Waals surface area contributed by atoms with Crippen LogP contribution in [0.3, 0.4) is 0 Å². The molecule has 3 nitrogen and oxygen atoms in total. The van der Waals surface area contributed by atoms with Crippen LogP contribution in [0.5, 0.6) is 0 Å². The van der Waals surface area contributed by atoms with E-state index in [4.69, 9.17) is 0 Å². The number of hydrogen-bond donors (Lipinski definition) is 1. The Morgan fingerprint density at radius 1 is 1.16 bits per heavy atom. The van der Waals surface area contributed by atoms with Crippen molar-refractivity contribution in [1.82, 2.24) is 15.1 Å². The van der Waals surface area contributed by atoms with Crippen LogP contribution in [0, 0.1) is 0 Å². The van der Waals surface area contributed by atoms with Gasteiger partial charge in [-0.2, -0.15) is 0 Å². The lowest BCUT2D eigenvalue weighted by molar-refractivity contribution is 0.179. The molecule has 1 aliphatic carbocycles. The van der Waals surface area contributed by atoms with Gasteiger partial charge < -0.3 is 5.32 Å². The predicted molar refractivity (Wildman–Crippen MR) is 82.6 cm³/mol. The van der Waals surface area contributed by atoms with Gasteiger partial charge >= 0.3 is 0 Å². The molecular formula is C16H33N3. The highest BCUT2D eigenvalue weighted by Gasteiger charge is 2.31. The van der Waals surface area contributed by atoms with Gasteiger partial charge in [0, 0.05) is 37.8 Å². The average Bonchev–Trinajstić information content (AvgIpc) is 3.13. The molecule has 0 aromatic heterocycles. The lowest BCUT2D eigenvalue weighted by atomic mass is 10.1. The maximum Gasteiger partial charge on any atom is 0.0235 e. The van der Waals surface area contributed by atoms with Crippen LogP contribution < -0.4 is 5.32 Å². The molecule has 2 unspecified atom stereocenters. The highest BCUT2D eigenvalue weighted by Crippen LogP contribution is 2.22. The first kappa shape index (κ1) is 15.3. The van der Waals surface area contributed by atoms with Gasteiger partial charge in [-0.05, 0) is 38.8 Å². The van der Waals surface area contributed by atoms with Crippen molar-refractivity contribution in [1.29, 1.82) is 0 Å². The van der Waals surface area contributed by atoms with Gasteiger partial charge in [-0.25, -0.2) is 0 Å². The van der Waals surface area contributed by atoms with Crippen LogP contribution in [0.25, 0.3) is 0 Å². The molecule has 112 valence electrons. The van der Waals surface area contributed by atoms with Crippen LogP contribution in [-0.4, -0.2) is 60.6 Å². The van der Waals surface area contributed by atoms with Crippen molar-refractivity contribution in [3.63, 3.8) is 0 Å². The topological polar surface area (TPSA) is 18.5 Å². The van der Waals surface area contributed by atoms with E-state index in [-0.39, 0.29) is 0 Å². The quantitative estimate of drug-likeness (QED) is 0.692. The van der Waals surface area contributed by atoms with Crippen LogP contribution in [0.4, 0.5) is 0 Å². The summed E-state index contributed by atoms with van der Waals surface area (Å²) in [5, 5.41) is 3.74. The smallest absolute Gasteiger partial charge is 0.0235 e.